The molecule has 0 aromatic heterocycles. The molecule has 0 aliphatic carbocycles. The monoisotopic (exact) mass is 268 g/mol. The van der Waals surface area contributed by atoms with Crippen molar-refractivity contribution in [2.24, 2.45) is 0 Å². The van der Waals surface area contributed by atoms with Gasteiger partial charge in [0.05, 0.1) is 12.1 Å². The Morgan fingerprint density at radius 1 is 1.47 bits per heavy atom. The van der Waals surface area contributed by atoms with Crippen LogP contribution in [0.3, 0.4) is 0 Å². The van der Waals surface area contributed by atoms with Crippen LogP contribution in [0, 0.1) is 5.82 Å². The zero-order valence-electron chi connectivity index (χ0n) is 11.9. The van der Waals surface area contributed by atoms with Gasteiger partial charge < -0.3 is 15.0 Å². The molecule has 0 aliphatic heterocycles. The maximum atomic E-state index is 12.9. The number of halogens is 1. The van der Waals surface area contributed by atoms with E-state index < -0.39 is 5.54 Å². The largest absolute Gasteiger partial charge is 0.492 e. The molecule has 1 aromatic carbocycles. The molecule has 4 nitrogen and oxygen atoms in total. The smallest absolute Gasteiger partial charge is 0.242 e. The fourth-order valence-corrected chi connectivity index (χ4v) is 1.54. The first-order valence-electron chi connectivity index (χ1n) is 6.19. The molecule has 1 amide bonds. The highest BCUT2D eigenvalue weighted by Gasteiger charge is 2.28. The summed E-state index contributed by atoms with van der Waals surface area (Å²) in [7, 11) is 3.46. The average molecular weight is 268 g/mol. The number of benzene rings is 1. The minimum atomic E-state index is -0.604. The van der Waals surface area contributed by atoms with Crippen molar-refractivity contribution in [3.05, 3.63) is 30.1 Å². The number of nitrogens with one attached hydrogen (secondary N) is 1. The van der Waals surface area contributed by atoms with Gasteiger partial charge in [0, 0.05) is 13.1 Å². The van der Waals surface area contributed by atoms with Gasteiger partial charge in [-0.15, -0.1) is 0 Å². The predicted molar refractivity (Wildman–Crippen MR) is 72.7 cm³/mol. The lowest BCUT2D eigenvalue weighted by molar-refractivity contribution is -0.135. The second kappa shape index (κ2) is 6.52. The fraction of sp³-hybridized carbons (Fsp3) is 0.500. The molecule has 0 bridgehead atoms. The summed E-state index contributed by atoms with van der Waals surface area (Å²) < 4.78 is 18.3. The van der Waals surface area contributed by atoms with E-state index >= 15 is 0 Å². The van der Waals surface area contributed by atoms with Gasteiger partial charge in [0.1, 0.15) is 18.2 Å². The summed E-state index contributed by atoms with van der Waals surface area (Å²) in [5.41, 5.74) is -0.604. The maximum Gasteiger partial charge on any atom is 0.242 e. The van der Waals surface area contributed by atoms with Crippen LogP contribution in [0.25, 0.3) is 0 Å². The van der Waals surface area contributed by atoms with E-state index in [0.29, 0.717) is 18.9 Å². The topological polar surface area (TPSA) is 41.6 Å². The van der Waals surface area contributed by atoms with Crippen molar-refractivity contribution in [2.75, 3.05) is 27.2 Å². The van der Waals surface area contributed by atoms with E-state index in [1.54, 1.807) is 31.1 Å². The van der Waals surface area contributed by atoms with E-state index in [4.69, 9.17) is 4.74 Å². The standard InChI is InChI=1S/C14H21FN2O2/c1-14(2,16-3)13(18)17(4)8-9-19-12-7-5-6-11(15)10-12/h5-7,10,16H,8-9H2,1-4H3. The molecule has 5 heteroatoms. The quantitative estimate of drug-likeness (QED) is 0.853. The van der Waals surface area contributed by atoms with Crippen LogP contribution in [0.2, 0.25) is 0 Å². The van der Waals surface area contributed by atoms with Gasteiger partial charge in [-0.05, 0) is 33.0 Å². The Labute approximate surface area is 113 Å². The minimum absolute atomic E-state index is 0.0159. The fourth-order valence-electron chi connectivity index (χ4n) is 1.54. The van der Waals surface area contributed by atoms with Crippen LogP contribution in [-0.2, 0) is 4.79 Å². The van der Waals surface area contributed by atoms with Crippen molar-refractivity contribution in [3.8, 4) is 5.75 Å². The molecule has 0 aliphatic rings. The van der Waals surface area contributed by atoms with Crippen LogP contribution in [-0.4, -0.2) is 43.6 Å². The summed E-state index contributed by atoms with van der Waals surface area (Å²) in [4.78, 5) is 13.6. The Balaban J connectivity index is 2.43. The van der Waals surface area contributed by atoms with E-state index in [2.05, 4.69) is 5.32 Å². The number of carbonyl (C=O) groups excluding carboxylic acids is 1. The van der Waals surface area contributed by atoms with Crippen LogP contribution in [0.15, 0.2) is 24.3 Å². The van der Waals surface area contributed by atoms with Gasteiger partial charge in [0.2, 0.25) is 5.91 Å². The van der Waals surface area contributed by atoms with Crippen molar-refractivity contribution >= 4 is 5.91 Å². The highest BCUT2D eigenvalue weighted by atomic mass is 19.1. The number of carbonyl (C=O) groups is 1. The summed E-state index contributed by atoms with van der Waals surface area (Å²) in [6, 6.07) is 5.95. The van der Waals surface area contributed by atoms with E-state index in [-0.39, 0.29) is 11.7 Å². The molecule has 19 heavy (non-hydrogen) atoms. The van der Waals surface area contributed by atoms with E-state index in [0.717, 1.165) is 0 Å². The molecule has 0 unspecified atom stereocenters. The number of hydrogen-bond acceptors (Lipinski definition) is 3. The van der Waals surface area contributed by atoms with Crippen molar-refractivity contribution < 1.29 is 13.9 Å². The molecular formula is C14H21FN2O2. The molecule has 0 fully saturated rings. The molecule has 0 atom stereocenters. The maximum absolute atomic E-state index is 12.9. The van der Waals surface area contributed by atoms with Gasteiger partial charge in [-0.25, -0.2) is 4.39 Å². The molecular weight excluding hydrogens is 247 g/mol. The average Bonchev–Trinajstić information content (AvgIpc) is 2.37. The highest BCUT2D eigenvalue weighted by Crippen LogP contribution is 2.12. The lowest BCUT2D eigenvalue weighted by Crippen LogP contribution is -2.52. The number of amides is 1. The van der Waals surface area contributed by atoms with Crippen LogP contribution in [0.4, 0.5) is 4.39 Å². The molecule has 0 saturated heterocycles. The second-order valence-electron chi connectivity index (χ2n) is 4.91. The molecule has 106 valence electrons. The van der Waals surface area contributed by atoms with Crippen LogP contribution >= 0.6 is 0 Å². The molecule has 0 saturated carbocycles. The van der Waals surface area contributed by atoms with Crippen molar-refractivity contribution in [3.63, 3.8) is 0 Å². The van der Waals surface area contributed by atoms with Gasteiger partial charge in [0.25, 0.3) is 0 Å². The molecule has 1 rings (SSSR count). The Kier molecular flexibility index (Phi) is 5.30. The SMILES string of the molecule is CNC(C)(C)C(=O)N(C)CCOc1cccc(F)c1. The van der Waals surface area contributed by atoms with E-state index in [9.17, 15) is 9.18 Å². The van der Waals surface area contributed by atoms with Crippen molar-refractivity contribution in [1.29, 1.82) is 0 Å². The summed E-state index contributed by atoms with van der Waals surface area (Å²) in [5, 5.41) is 2.96. The molecule has 0 radical (unpaired) electrons. The van der Waals surface area contributed by atoms with Crippen LogP contribution in [0.5, 0.6) is 5.75 Å². The first-order chi connectivity index (χ1) is 8.86. The lowest BCUT2D eigenvalue weighted by Gasteiger charge is -2.28. The number of rotatable bonds is 6. The minimum Gasteiger partial charge on any atom is -0.492 e. The Bertz CT molecular complexity index is 435. The van der Waals surface area contributed by atoms with Gasteiger partial charge in [0.15, 0.2) is 0 Å². The Hall–Kier alpha value is -1.62. The molecule has 0 spiro atoms. The van der Waals surface area contributed by atoms with Gasteiger partial charge in [-0.1, -0.05) is 6.07 Å². The zero-order valence-corrected chi connectivity index (χ0v) is 11.9. The summed E-state index contributed by atoms with van der Waals surface area (Å²) in [6.45, 7) is 4.41. The Morgan fingerprint density at radius 3 is 2.74 bits per heavy atom. The van der Waals surface area contributed by atoms with Crippen LogP contribution < -0.4 is 10.1 Å². The number of nitrogens with zero attached hydrogens (tertiary/aromatic N) is 1. The van der Waals surface area contributed by atoms with Gasteiger partial charge >= 0.3 is 0 Å². The Morgan fingerprint density at radius 2 is 2.16 bits per heavy atom. The predicted octanol–water partition coefficient (Wildman–Crippen LogP) is 1.66. The summed E-state index contributed by atoms with van der Waals surface area (Å²) in [5.74, 6) is 0.116. The first kappa shape index (κ1) is 15.4. The normalized spacial score (nSPS) is 11.2. The first-order valence-corrected chi connectivity index (χ1v) is 6.19. The molecule has 1 aromatic rings. The van der Waals surface area contributed by atoms with Gasteiger partial charge in [-0.3, -0.25) is 4.79 Å². The van der Waals surface area contributed by atoms with E-state index in [1.165, 1.54) is 12.1 Å². The summed E-state index contributed by atoms with van der Waals surface area (Å²) in [6.07, 6.45) is 0. The number of hydrogen-bond donors (Lipinski definition) is 1. The third-order valence-electron chi connectivity index (χ3n) is 3.00. The third-order valence-corrected chi connectivity index (χ3v) is 3.00. The van der Waals surface area contributed by atoms with Crippen molar-refractivity contribution in [2.45, 2.75) is 19.4 Å². The lowest BCUT2D eigenvalue weighted by atomic mass is 10.0. The van der Waals surface area contributed by atoms with Gasteiger partial charge in [-0.2, -0.15) is 0 Å². The molecule has 0 heterocycles. The summed E-state index contributed by atoms with van der Waals surface area (Å²) >= 11 is 0. The zero-order chi connectivity index (χ0) is 14.5. The number of likely N-dealkylation sites (N-methyl/N-ethyl adjacent to an activating group) is 2. The third kappa shape index (κ3) is 4.52. The van der Waals surface area contributed by atoms with Crippen molar-refractivity contribution in [1.82, 2.24) is 10.2 Å². The van der Waals surface area contributed by atoms with E-state index in [1.807, 2.05) is 13.8 Å². The van der Waals surface area contributed by atoms with Crippen LogP contribution in [0.1, 0.15) is 13.8 Å². The number of ether oxygens (including phenoxy) is 1. The highest BCUT2D eigenvalue weighted by molar-refractivity contribution is 5.85. The second-order valence-corrected chi connectivity index (χ2v) is 4.91. The molecule has 1 N–H and O–H groups in total.